The first kappa shape index (κ1) is 22.1. The second-order valence-electron chi connectivity index (χ2n) is 4.80. The number of nitrogens with zero attached hydrogens (tertiary/aromatic N) is 1. The van der Waals surface area contributed by atoms with E-state index in [0.717, 1.165) is 29.1 Å². The summed E-state index contributed by atoms with van der Waals surface area (Å²) in [4.78, 5) is 13.2. The molecule has 0 bridgehead atoms. The Balaban J connectivity index is 0.000000289. The normalized spacial score (nSPS) is 9.78. The Labute approximate surface area is 163 Å². The third-order valence-electron chi connectivity index (χ3n) is 3.02. The van der Waals surface area contributed by atoms with Crippen LogP contribution in [-0.4, -0.2) is 33.0 Å². The van der Waals surface area contributed by atoms with E-state index in [2.05, 4.69) is 25.6 Å². The van der Waals surface area contributed by atoms with Crippen molar-refractivity contribution in [3.05, 3.63) is 48.5 Å². The number of hydrazine groups is 1. The highest BCUT2D eigenvalue weighted by Gasteiger charge is 1.95. The topological polar surface area (TPSA) is 93.2 Å². The van der Waals surface area contributed by atoms with Crippen molar-refractivity contribution in [3.63, 3.8) is 0 Å². The predicted octanol–water partition coefficient (Wildman–Crippen LogP) is 3.42. The van der Waals surface area contributed by atoms with Gasteiger partial charge in [-0.25, -0.2) is 4.79 Å². The van der Waals surface area contributed by atoms with Crippen molar-refractivity contribution in [3.8, 4) is 11.5 Å². The van der Waals surface area contributed by atoms with Gasteiger partial charge in [0.15, 0.2) is 0 Å². The number of ether oxygens (including phenoxy) is 3. The number of halogens is 1. The molecule has 0 aliphatic heterocycles. The molecule has 2 rings (SSSR count). The molecule has 0 spiro atoms. The predicted molar refractivity (Wildman–Crippen MR) is 107 cm³/mol. The van der Waals surface area contributed by atoms with Gasteiger partial charge in [-0.05, 0) is 67.2 Å². The molecule has 8 nitrogen and oxygen atoms in total. The highest BCUT2D eigenvalue weighted by atomic mass is 35.5. The number of anilines is 2. The second-order valence-corrected chi connectivity index (χ2v) is 4.99. The number of hydrazone groups is 1. The van der Waals surface area contributed by atoms with Gasteiger partial charge in [-0.15, -0.1) is 4.94 Å². The van der Waals surface area contributed by atoms with E-state index in [1.807, 2.05) is 24.3 Å². The molecule has 2 aromatic rings. The van der Waals surface area contributed by atoms with Crippen LogP contribution in [0.15, 0.2) is 53.6 Å². The summed E-state index contributed by atoms with van der Waals surface area (Å²) in [5, 5.41) is 3.73. The van der Waals surface area contributed by atoms with Gasteiger partial charge in [0.2, 0.25) is 0 Å². The molecule has 3 N–H and O–H groups in total. The third-order valence-corrected chi connectivity index (χ3v) is 3.12. The van der Waals surface area contributed by atoms with Gasteiger partial charge in [0.1, 0.15) is 17.7 Å². The molecule has 0 aliphatic rings. The van der Waals surface area contributed by atoms with E-state index in [1.54, 1.807) is 45.4 Å². The number of hydrogen-bond donors (Lipinski definition) is 3. The maximum atomic E-state index is 10.9. The number of methoxy groups -OCH3 is 2. The molecule has 2 aromatic carbocycles. The molecule has 0 aromatic heterocycles. The number of benzene rings is 2. The van der Waals surface area contributed by atoms with E-state index in [0.29, 0.717) is 6.61 Å². The molecule has 27 heavy (non-hydrogen) atoms. The monoisotopic (exact) mass is 394 g/mol. The highest BCUT2D eigenvalue weighted by molar-refractivity contribution is 6.23. The van der Waals surface area contributed by atoms with Crippen LogP contribution in [0.1, 0.15) is 6.92 Å². The molecule has 0 aliphatic carbocycles. The molecule has 0 heterocycles. The smallest absolute Gasteiger partial charge is 0.351 e. The maximum Gasteiger partial charge on any atom is 0.351 e. The summed E-state index contributed by atoms with van der Waals surface area (Å²) in [5.74, 6) is 1.12. The number of nitrogens with one attached hydrogen (secondary N) is 3. The van der Waals surface area contributed by atoms with E-state index in [-0.39, 0.29) is 0 Å². The zero-order chi connectivity index (χ0) is 19.9. The van der Waals surface area contributed by atoms with E-state index in [9.17, 15) is 4.79 Å². The molecule has 0 atom stereocenters. The van der Waals surface area contributed by atoms with Crippen molar-refractivity contribution >= 4 is 35.3 Å². The van der Waals surface area contributed by atoms with Crippen LogP contribution in [0.25, 0.3) is 0 Å². The van der Waals surface area contributed by atoms with Crippen molar-refractivity contribution in [1.29, 1.82) is 0 Å². The van der Waals surface area contributed by atoms with Crippen LogP contribution in [0.4, 0.5) is 11.4 Å². The standard InChI is InChI=1S/C11H14N2O3.C7H9ClN2O/c1-3-16-11(14)8-12-13-9-4-6-10(15-2)7-5-9;1-11-7-4-2-6(3-5-7)9-10-8/h4-8,13H,3H2,1-2H3;2-5,9-10H,1H3/b12-8+;. The summed E-state index contributed by atoms with van der Waals surface area (Å²) >= 11 is 5.22. The molecule has 146 valence electrons. The van der Waals surface area contributed by atoms with E-state index >= 15 is 0 Å². The summed E-state index contributed by atoms with van der Waals surface area (Å²) in [6.07, 6.45) is 1.09. The minimum atomic E-state index is -0.469. The maximum absolute atomic E-state index is 10.9. The molecule has 0 saturated carbocycles. The molecular weight excluding hydrogens is 372 g/mol. The average Bonchev–Trinajstić information content (AvgIpc) is 2.70. The fourth-order valence-electron chi connectivity index (χ4n) is 1.73. The first-order chi connectivity index (χ1) is 13.1. The van der Waals surface area contributed by atoms with E-state index in [4.69, 9.17) is 21.3 Å². The quantitative estimate of drug-likeness (QED) is 0.273. The van der Waals surface area contributed by atoms with Crippen molar-refractivity contribution in [2.24, 2.45) is 5.10 Å². The largest absolute Gasteiger partial charge is 0.497 e. The summed E-state index contributed by atoms with van der Waals surface area (Å²) < 4.78 is 14.6. The van der Waals surface area contributed by atoms with Crippen molar-refractivity contribution in [2.45, 2.75) is 6.92 Å². The Morgan fingerprint density at radius 1 is 1.00 bits per heavy atom. The molecule has 0 unspecified atom stereocenters. The third kappa shape index (κ3) is 9.34. The number of carbonyl (C=O) groups is 1. The van der Waals surface area contributed by atoms with Crippen LogP contribution >= 0.6 is 11.8 Å². The minimum absolute atomic E-state index is 0.341. The van der Waals surface area contributed by atoms with E-state index < -0.39 is 5.97 Å². The van der Waals surface area contributed by atoms with Crippen LogP contribution in [0, 0.1) is 0 Å². The Kier molecular flexibility index (Phi) is 10.8. The highest BCUT2D eigenvalue weighted by Crippen LogP contribution is 2.15. The van der Waals surface area contributed by atoms with Crippen LogP contribution in [0.3, 0.4) is 0 Å². The van der Waals surface area contributed by atoms with Gasteiger partial charge in [0.05, 0.1) is 32.2 Å². The van der Waals surface area contributed by atoms with Crippen LogP contribution < -0.4 is 25.3 Å². The fourth-order valence-corrected chi connectivity index (χ4v) is 1.84. The Morgan fingerprint density at radius 3 is 1.96 bits per heavy atom. The summed E-state index contributed by atoms with van der Waals surface area (Å²) in [5.41, 5.74) is 7.07. The van der Waals surface area contributed by atoms with Gasteiger partial charge in [-0.3, -0.25) is 5.43 Å². The molecule has 9 heteroatoms. The van der Waals surface area contributed by atoms with E-state index in [1.165, 1.54) is 0 Å². The van der Waals surface area contributed by atoms with Crippen molar-refractivity contribution in [2.75, 3.05) is 31.7 Å². The van der Waals surface area contributed by atoms with Crippen LogP contribution in [0.2, 0.25) is 0 Å². The van der Waals surface area contributed by atoms with Gasteiger partial charge < -0.3 is 19.6 Å². The number of carbonyl (C=O) groups excluding carboxylic acids is 1. The van der Waals surface area contributed by atoms with Crippen LogP contribution in [-0.2, 0) is 9.53 Å². The second kappa shape index (κ2) is 13.3. The first-order valence-electron chi connectivity index (χ1n) is 7.98. The Morgan fingerprint density at radius 2 is 1.52 bits per heavy atom. The lowest BCUT2D eigenvalue weighted by atomic mass is 10.3. The molecule has 0 fully saturated rings. The fraction of sp³-hybridized carbons (Fsp3) is 0.222. The molecule has 0 radical (unpaired) electrons. The molecule has 0 saturated heterocycles. The Bertz CT molecular complexity index is 694. The van der Waals surface area contributed by atoms with Crippen molar-refractivity contribution in [1.82, 2.24) is 4.94 Å². The van der Waals surface area contributed by atoms with Gasteiger partial charge in [0, 0.05) is 0 Å². The molecular formula is C18H23ClN4O4. The average molecular weight is 395 g/mol. The lowest BCUT2D eigenvalue weighted by Gasteiger charge is -2.02. The SMILES string of the molecule is CCOC(=O)/C=N/Nc1ccc(OC)cc1.COc1ccc(NNCl)cc1. The van der Waals surface area contributed by atoms with Gasteiger partial charge in [-0.1, -0.05) is 0 Å². The number of hydrogen-bond acceptors (Lipinski definition) is 8. The number of rotatable bonds is 8. The lowest BCUT2D eigenvalue weighted by molar-refractivity contribution is -0.134. The van der Waals surface area contributed by atoms with Crippen molar-refractivity contribution < 1.29 is 19.0 Å². The lowest BCUT2D eigenvalue weighted by Crippen LogP contribution is -2.07. The minimum Gasteiger partial charge on any atom is -0.497 e. The Hall–Kier alpha value is -2.97. The van der Waals surface area contributed by atoms with Gasteiger partial charge >= 0.3 is 5.97 Å². The summed E-state index contributed by atoms with van der Waals surface area (Å²) in [6, 6.07) is 14.6. The zero-order valence-corrected chi connectivity index (χ0v) is 16.1. The molecule has 0 amide bonds. The van der Waals surface area contributed by atoms with Gasteiger partial charge in [0.25, 0.3) is 0 Å². The summed E-state index contributed by atoms with van der Waals surface area (Å²) in [7, 11) is 3.23. The summed E-state index contributed by atoms with van der Waals surface area (Å²) in [6.45, 7) is 2.08. The van der Waals surface area contributed by atoms with Crippen LogP contribution in [0.5, 0.6) is 11.5 Å². The first-order valence-corrected chi connectivity index (χ1v) is 8.36. The van der Waals surface area contributed by atoms with Gasteiger partial charge in [-0.2, -0.15) is 5.10 Å². The number of esters is 1. The zero-order valence-electron chi connectivity index (χ0n) is 15.4.